The maximum Gasteiger partial charge on any atom is 0.356 e. The van der Waals surface area contributed by atoms with E-state index in [-0.39, 0.29) is 5.69 Å². The molecule has 0 saturated carbocycles. The molecule has 2 aromatic heterocycles. The van der Waals surface area contributed by atoms with E-state index in [9.17, 15) is 4.79 Å². The SMILES string of the molecule is Cn1nc(C(=O)O)cc1-c1ccc2[nH]ccc2c1Cl. The maximum absolute atomic E-state index is 10.9. The molecule has 0 amide bonds. The second kappa shape index (κ2) is 4.13. The van der Waals surface area contributed by atoms with Crippen molar-refractivity contribution < 1.29 is 9.90 Å². The van der Waals surface area contributed by atoms with E-state index in [1.165, 1.54) is 10.7 Å². The molecule has 0 saturated heterocycles. The zero-order chi connectivity index (χ0) is 13.6. The first-order valence-corrected chi connectivity index (χ1v) is 5.99. The second-order valence-electron chi connectivity index (χ2n) is 4.21. The van der Waals surface area contributed by atoms with Gasteiger partial charge in [0.15, 0.2) is 5.69 Å². The van der Waals surface area contributed by atoms with Gasteiger partial charge in [-0.3, -0.25) is 4.68 Å². The fourth-order valence-corrected chi connectivity index (χ4v) is 2.44. The molecule has 0 atom stereocenters. The van der Waals surface area contributed by atoms with Gasteiger partial charge in [-0.15, -0.1) is 0 Å². The molecule has 96 valence electrons. The molecule has 0 aliphatic carbocycles. The minimum Gasteiger partial charge on any atom is -0.476 e. The van der Waals surface area contributed by atoms with Crippen LogP contribution >= 0.6 is 11.6 Å². The van der Waals surface area contributed by atoms with Gasteiger partial charge in [0.2, 0.25) is 0 Å². The first-order valence-electron chi connectivity index (χ1n) is 5.61. The topological polar surface area (TPSA) is 70.9 Å². The van der Waals surface area contributed by atoms with Crippen molar-refractivity contribution in [3.8, 4) is 11.3 Å². The predicted molar refractivity (Wildman–Crippen MR) is 72.5 cm³/mol. The highest BCUT2D eigenvalue weighted by Crippen LogP contribution is 2.34. The number of aromatic amines is 1. The third-order valence-corrected chi connectivity index (χ3v) is 3.45. The van der Waals surface area contributed by atoms with Crippen LogP contribution in [0.5, 0.6) is 0 Å². The normalized spacial score (nSPS) is 11.1. The summed E-state index contributed by atoms with van der Waals surface area (Å²) < 4.78 is 1.52. The van der Waals surface area contributed by atoms with E-state index >= 15 is 0 Å². The Bertz CT molecular complexity index is 788. The van der Waals surface area contributed by atoms with E-state index in [0.717, 1.165) is 16.5 Å². The van der Waals surface area contributed by atoms with Crippen molar-refractivity contribution in [2.45, 2.75) is 0 Å². The van der Waals surface area contributed by atoms with Crippen LogP contribution in [0.4, 0.5) is 0 Å². The fourth-order valence-electron chi connectivity index (χ4n) is 2.12. The van der Waals surface area contributed by atoms with Crippen LogP contribution in [0.15, 0.2) is 30.5 Å². The minimum atomic E-state index is -1.05. The van der Waals surface area contributed by atoms with Crippen LogP contribution in [-0.2, 0) is 7.05 Å². The summed E-state index contributed by atoms with van der Waals surface area (Å²) in [4.78, 5) is 14.0. The number of rotatable bonds is 2. The van der Waals surface area contributed by atoms with Gasteiger partial charge in [-0.05, 0) is 24.3 Å². The Balaban J connectivity index is 2.24. The molecule has 0 bridgehead atoms. The monoisotopic (exact) mass is 275 g/mol. The Morgan fingerprint density at radius 3 is 2.89 bits per heavy atom. The highest BCUT2D eigenvalue weighted by molar-refractivity contribution is 6.38. The number of H-pyrrole nitrogens is 1. The van der Waals surface area contributed by atoms with Gasteiger partial charge >= 0.3 is 5.97 Å². The molecule has 1 aromatic carbocycles. The fraction of sp³-hybridized carbons (Fsp3) is 0.0769. The molecule has 0 aliphatic heterocycles. The third kappa shape index (κ3) is 1.79. The minimum absolute atomic E-state index is 0.00253. The van der Waals surface area contributed by atoms with E-state index in [4.69, 9.17) is 16.7 Å². The zero-order valence-corrected chi connectivity index (χ0v) is 10.8. The molecule has 0 unspecified atom stereocenters. The van der Waals surface area contributed by atoms with Gasteiger partial charge in [0.05, 0.1) is 10.7 Å². The van der Waals surface area contributed by atoms with Gasteiger partial charge in [0.25, 0.3) is 0 Å². The Hall–Kier alpha value is -2.27. The van der Waals surface area contributed by atoms with Gasteiger partial charge < -0.3 is 10.1 Å². The first kappa shape index (κ1) is 11.8. The number of nitrogens with one attached hydrogen (secondary N) is 1. The van der Waals surface area contributed by atoms with Crippen LogP contribution in [0.3, 0.4) is 0 Å². The Morgan fingerprint density at radius 1 is 1.42 bits per heavy atom. The van der Waals surface area contributed by atoms with E-state index in [2.05, 4.69) is 10.1 Å². The van der Waals surface area contributed by atoms with Crippen molar-refractivity contribution in [2.24, 2.45) is 7.05 Å². The van der Waals surface area contributed by atoms with Crippen molar-refractivity contribution in [3.63, 3.8) is 0 Å². The average Bonchev–Trinajstić information content (AvgIpc) is 2.97. The molecule has 3 rings (SSSR count). The van der Waals surface area contributed by atoms with Gasteiger partial charge in [-0.2, -0.15) is 5.10 Å². The van der Waals surface area contributed by atoms with Gasteiger partial charge in [0.1, 0.15) is 0 Å². The van der Waals surface area contributed by atoms with E-state index < -0.39 is 5.97 Å². The summed E-state index contributed by atoms with van der Waals surface area (Å²) in [6.07, 6.45) is 1.81. The Labute approximate surface area is 113 Å². The van der Waals surface area contributed by atoms with Crippen LogP contribution in [0.25, 0.3) is 22.2 Å². The standard InChI is InChI=1S/C13H10ClN3O2/c1-17-11(6-10(16-17)13(18)19)8-2-3-9-7(12(8)14)4-5-15-9/h2-6,15H,1H3,(H,18,19). The van der Waals surface area contributed by atoms with E-state index in [1.807, 2.05) is 24.4 Å². The summed E-state index contributed by atoms with van der Waals surface area (Å²) in [7, 11) is 1.69. The summed E-state index contributed by atoms with van der Waals surface area (Å²) in [6, 6.07) is 7.16. The zero-order valence-electron chi connectivity index (χ0n) is 10.0. The molecule has 6 heteroatoms. The van der Waals surface area contributed by atoms with Gasteiger partial charge in [-0.25, -0.2) is 4.79 Å². The highest BCUT2D eigenvalue weighted by atomic mass is 35.5. The summed E-state index contributed by atoms with van der Waals surface area (Å²) in [5, 5.41) is 14.4. The number of fused-ring (bicyclic) bond motifs is 1. The first-order chi connectivity index (χ1) is 9.08. The number of hydrogen-bond donors (Lipinski definition) is 2. The third-order valence-electron chi connectivity index (χ3n) is 3.04. The molecular weight excluding hydrogens is 266 g/mol. The number of halogens is 1. The lowest BCUT2D eigenvalue weighted by atomic mass is 10.1. The maximum atomic E-state index is 10.9. The number of aromatic carboxylic acids is 1. The lowest BCUT2D eigenvalue weighted by molar-refractivity contribution is 0.0689. The predicted octanol–water partition coefficient (Wildman–Crippen LogP) is 2.92. The molecule has 5 nitrogen and oxygen atoms in total. The summed E-state index contributed by atoms with van der Waals surface area (Å²) in [5.41, 5.74) is 2.37. The molecule has 3 aromatic rings. The molecule has 0 spiro atoms. The van der Waals surface area contributed by atoms with Gasteiger partial charge in [0, 0.05) is 29.7 Å². The quantitative estimate of drug-likeness (QED) is 0.755. The van der Waals surface area contributed by atoms with Crippen LogP contribution in [0, 0.1) is 0 Å². The van der Waals surface area contributed by atoms with Crippen LogP contribution in [0.2, 0.25) is 5.02 Å². The van der Waals surface area contributed by atoms with Crippen molar-refractivity contribution >= 4 is 28.5 Å². The number of benzene rings is 1. The molecule has 0 fully saturated rings. The summed E-state index contributed by atoms with van der Waals surface area (Å²) in [5.74, 6) is -1.05. The lowest BCUT2D eigenvalue weighted by Gasteiger charge is -2.05. The van der Waals surface area contributed by atoms with Crippen LogP contribution in [0.1, 0.15) is 10.5 Å². The Morgan fingerprint density at radius 2 is 2.21 bits per heavy atom. The van der Waals surface area contributed by atoms with Crippen molar-refractivity contribution in [2.75, 3.05) is 0 Å². The smallest absolute Gasteiger partial charge is 0.356 e. The number of nitrogens with zero attached hydrogens (tertiary/aromatic N) is 2. The molecule has 2 heterocycles. The summed E-state index contributed by atoms with van der Waals surface area (Å²) in [6.45, 7) is 0. The lowest BCUT2D eigenvalue weighted by Crippen LogP contribution is -1.99. The molecule has 0 aliphatic rings. The molecule has 0 radical (unpaired) electrons. The van der Waals surface area contributed by atoms with Crippen molar-refractivity contribution in [1.82, 2.24) is 14.8 Å². The second-order valence-corrected chi connectivity index (χ2v) is 4.59. The molecule has 19 heavy (non-hydrogen) atoms. The Kier molecular flexibility index (Phi) is 2.57. The van der Waals surface area contributed by atoms with Crippen LogP contribution < -0.4 is 0 Å². The number of aromatic nitrogens is 3. The van der Waals surface area contributed by atoms with Crippen LogP contribution in [-0.4, -0.2) is 25.8 Å². The molecular formula is C13H10ClN3O2. The highest BCUT2D eigenvalue weighted by Gasteiger charge is 2.16. The molecule has 2 N–H and O–H groups in total. The van der Waals surface area contributed by atoms with E-state index in [0.29, 0.717) is 10.7 Å². The van der Waals surface area contributed by atoms with Gasteiger partial charge in [-0.1, -0.05) is 11.6 Å². The largest absolute Gasteiger partial charge is 0.476 e. The summed E-state index contributed by atoms with van der Waals surface area (Å²) >= 11 is 6.37. The van der Waals surface area contributed by atoms with E-state index in [1.54, 1.807) is 7.05 Å². The number of carboxylic acid groups (broad SMARTS) is 1. The van der Waals surface area contributed by atoms with Crippen molar-refractivity contribution in [1.29, 1.82) is 0 Å². The number of hydrogen-bond acceptors (Lipinski definition) is 2. The number of carbonyl (C=O) groups is 1. The average molecular weight is 276 g/mol. The van der Waals surface area contributed by atoms with Crippen molar-refractivity contribution in [3.05, 3.63) is 41.2 Å². The number of carboxylic acids is 1. The number of aryl methyl sites for hydroxylation is 1.